The lowest BCUT2D eigenvalue weighted by molar-refractivity contribution is 0.0734. The van der Waals surface area contributed by atoms with Crippen molar-refractivity contribution in [2.24, 2.45) is 5.10 Å². The predicted octanol–water partition coefficient (Wildman–Crippen LogP) is 9.41. The molecule has 1 heterocycles. The molecule has 1 aromatic heterocycles. The summed E-state index contributed by atoms with van der Waals surface area (Å²) in [6, 6.07) is 22.7. The monoisotopic (exact) mass is 761 g/mol. The molecule has 0 aliphatic heterocycles. The molecule has 11 heteroatoms. The molecule has 200 valence electrons. The van der Waals surface area contributed by atoms with Crippen molar-refractivity contribution in [2.45, 2.75) is 0 Å². The molecule has 5 aromatic rings. The minimum Gasteiger partial charge on any atom is -0.422 e. The first-order valence-electron chi connectivity index (χ1n) is 11.6. The molecule has 0 radical (unpaired) electrons. The van der Waals surface area contributed by atoms with Crippen molar-refractivity contribution in [1.29, 1.82) is 0 Å². The molecule has 2 N–H and O–H groups in total. The fourth-order valence-corrected chi connectivity index (χ4v) is 5.74. The summed E-state index contributed by atoms with van der Waals surface area (Å²) in [5.41, 5.74) is 5.47. The van der Waals surface area contributed by atoms with Gasteiger partial charge < -0.3 is 9.72 Å². The number of hydrazone groups is 1. The Hall–Kier alpha value is -2.95. The van der Waals surface area contributed by atoms with Crippen molar-refractivity contribution in [1.82, 2.24) is 10.4 Å². The number of carbonyl (C=O) groups excluding carboxylic acids is 2. The van der Waals surface area contributed by atoms with Gasteiger partial charge in [-0.25, -0.2) is 10.2 Å². The van der Waals surface area contributed by atoms with Crippen molar-refractivity contribution >= 4 is 100.0 Å². The zero-order valence-corrected chi connectivity index (χ0v) is 26.4. The summed E-state index contributed by atoms with van der Waals surface area (Å²) in [6.07, 6.45) is 1.40. The molecule has 0 saturated carbocycles. The van der Waals surface area contributed by atoms with E-state index in [9.17, 15) is 9.59 Å². The first kappa shape index (κ1) is 28.6. The van der Waals surface area contributed by atoms with Crippen LogP contribution in [0, 0.1) is 0 Å². The molecular formula is C29H16Br3Cl2N3O3. The number of carbonyl (C=O) groups is 2. The number of hydrogen-bond acceptors (Lipinski definition) is 4. The number of aromatic amines is 1. The number of nitrogens with one attached hydrogen (secondary N) is 2. The third kappa shape index (κ3) is 6.19. The number of rotatable bonds is 6. The van der Waals surface area contributed by atoms with E-state index in [1.165, 1.54) is 6.21 Å². The Balaban J connectivity index is 1.45. The summed E-state index contributed by atoms with van der Waals surface area (Å²) in [6.45, 7) is 0. The van der Waals surface area contributed by atoms with Crippen LogP contribution in [-0.4, -0.2) is 23.1 Å². The minimum absolute atomic E-state index is 0.233. The number of hydrogen-bond donors (Lipinski definition) is 2. The van der Waals surface area contributed by atoms with Gasteiger partial charge in [-0.1, -0.05) is 89.2 Å². The maximum atomic E-state index is 13.4. The van der Waals surface area contributed by atoms with Crippen LogP contribution in [-0.2, 0) is 0 Å². The lowest BCUT2D eigenvalue weighted by atomic mass is 10.0. The molecule has 0 unspecified atom stereocenters. The molecule has 0 bridgehead atoms. The van der Waals surface area contributed by atoms with E-state index in [1.807, 2.05) is 24.3 Å². The van der Waals surface area contributed by atoms with E-state index in [1.54, 1.807) is 54.6 Å². The van der Waals surface area contributed by atoms with Gasteiger partial charge in [0.2, 0.25) is 0 Å². The molecule has 0 aliphatic carbocycles. The quantitative estimate of drug-likeness (QED) is 0.0783. The van der Waals surface area contributed by atoms with Gasteiger partial charge >= 0.3 is 5.97 Å². The van der Waals surface area contributed by atoms with Crippen LogP contribution in [0.25, 0.3) is 22.0 Å². The number of nitrogens with zero attached hydrogens (tertiary/aromatic N) is 1. The number of esters is 1. The van der Waals surface area contributed by atoms with E-state index >= 15 is 0 Å². The summed E-state index contributed by atoms with van der Waals surface area (Å²) in [4.78, 5) is 29.2. The van der Waals surface area contributed by atoms with Gasteiger partial charge in [-0.05, 0) is 60.7 Å². The van der Waals surface area contributed by atoms with Gasteiger partial charge in [0.05, 0.1) is 22.3 Å². The average molecular weight is 765 g/mol. The van der Waals surface area contributed by atoms with Crippen LogP contribution in [0.4, 0.5) is 0 Å². The van der Waals surface area contributed by atoms with E-state index in [2.05, 4.69) is 63.3 Å². The molecule has 40 heavy (non-hydrogen) atoms. The third-order valence-corrected chi connectivity index (χ3v) is 7.93. The van der Waals surface area contributed by atoms with Crippen molar-refractivity contribution in [3.8, 4) is 16.9 Å². The average Bonchev–Trinajstić information content (AvgIpc) is 3.30. The van der Waals surface area contributed by atoms with Gasteiger partial charge in [-0.2, -0.15) is 5.10 Å². The normalized spacial score (nSPS) is 11.2. The van der Waals surface area contributed by atoms with E-state index in [4.69, 9.17) is 27.9 Å². The van der Waals surface area contributed by atoms with Crippen LogP contribution >= 0.6 is 71.0 Å². The minimum atomic E-state index is -0.529. The van der Waals surface area contributed by atoms with Gasteiger partial charge in [-0.3, -0.25) is 4.79 Å². The second-order valence-corrected chi connectivity index (χ2v) is 12.0. The van der Waals surface area contributed by atoms with Crippen LogP contribution in [0.5, 0.6) is 5.75 Å². The molecule has 0 atom stereocenters. The summed E-state index contributed by atoms with van der Waals surface area (Å²) in [7, 11) is 0. The molecule has 4 aromatic carbocycles. The topological polar surface area (TPSA) is 83.5 Å². The molecule has 0 fully saturated rings. The third-order valence-electron chi connectivity index (χ3n) is 5.82. The Morgan fingerprint density at radius 3 is 2.33 bits per heavy atom. The molecule has 0 spiro atoms. The second kappa shape index (κ2) is 12.3. The van der Waals surface area contributed by atoms with E-state index in [-0.39, 0.29) is 11.4 Å². The zero-order valence-electron chi connectivity index (χ0n) is 20.1. The van der Waals surface area contributed by atoms with Gasteiger partial charge in [-0.15, -0.1) is 0 Å². The predicted molar refractivity (Wildman–Crippen MR) is 170 cm³/mol. The fraction of sp³-hybridized carbons (Fsp3) is 0. The summed E-state index contributed by atoms with van der Waals surface area (Å²) in [5.74, 6) is -0.773. The Bertz CT molecular complexity index is 1800. The van der Waals surface area contributed by atoms with E-state index in [0.29, 0.717) is 37.8 Å². The summed E-state index contributed by atoms with van der Waals surface area (Å²) < 4.78 is 7.94. The second-order valence-electron chi connectivity index (χ2n) is 8.44. The first-order valence-corrected chi connectivity index (χ1v) is 14.7. The maximum Gasteiger partial charge on any atom is 0.343 e. The Labute approximate surface area is 264 Å². The molecule has 5 rings (SSSR count). The van der Waals surface area contributed by atoms with Crippen molar-refractivity contribution in [3.63, 3.8) is 0 Å². The molecular weight excluding hydrogens is 749 g/mol. The van der Waals surface area contributed by atoms with Gasteiger partial charge in [0.25, 0.3) is 5.91 Å². The van der Waals surface area contributed by atoms with Crippen molar-refractivity contribution in [2.75, 3.05) is 0 Å². The number of H-pyrrole nitrogens is 1. The molecule has 1 amide bonds. The number of aromatic nitrogens is 1. The van der Waals surface area contributed by atoms with Crippen LogP contribution in [0.3, 0.4) is 0 Å². The van der Waals surface area contributed by atoms with Crippen molar-refractivity contribution in [3.05, 3.63) is 119 Å². The lowest BCUT2D eigenvalue weighted by Crippen LogP contribution is -2.19. The standard InChI is InChI=1S/C29H16Br3Cl2N3O3/c30-17-7-5-15(6-8-17)29(39)40-24-10-9-18(31)11-16(24)14-35-37-28(38)27-25(20-3-1-2-4-22(20)33)21-12-19(32)13-23(34)26(21)36-27/h1-14,36H,(H,37,38). The highest BCUT2D eigenvalue weighted by atomic mass is 79.9. The lowest BCUT2D eigenvalue weighted by Gasteiger charge is -2.09. The highest BCUT2D eigenvalue weighted by molar-refractivity contribution is 9.11. The number of halogens is 5. The van der Waals surface area contributed by atoms with Crippen LogP contribution in [0.15, 0.2) is 97.4 Å². The van der Waals surface area contributed by atoms with E-state index < -0.39 is 11.9 Å². The number of amides is 1. The largest absolute Gasteiger partial charge is 0.422 e. The molecule has 6 nitrogen and oxygen atoms in total. The van der Waals surface area contributed by atoms with Crippen LogP contribution in [0.1, 0.15) is 26.4 Å². The van der Waals surface area contributed by atoms with Gasteiger partial charge in [0, 0.05) is 40.5 Å². The maximum absolute atomic E-state index is 13.4. The smallest absolute Gasteiger partial charge is 0.343 e. The Morgan fingerprint density at radius 2 is 1.57 bits per heavy atom. The van der Waals surface area contributed by atoms with Crippen LogP contribution in [0.2, 0.25) is 10.0 Å². The summed E-state index contributed by atoms with van der Waals surface area (Å²) >= 11 is 23.2. The highest BCUT2D eigenvalue weighted by Gasteiger charge is 2.22. The van der Waals surface area contributed by atoms with E-state index in [0.717, 1.165) is 18.8 Å². The number of ether oxygens (including phenoxy) is 1. The Morgan fingerprint density at radius 1 is 0.850 bits per heavy atom. The summed E-state index contributed by atoms with van der Waals surface area (Å²) in [5, 5.41) is 5.77. The van der Waals surface area contributed by atoms with Gasteiger partial charge in [0.1, 0.15) is 11.4 Å². The number of fused-ring (bicyclic) bond motifs is 1. The van der Waals surface area contributed by atoms with Crippen molar-refractivity contribution < 1.29 is 14.3 Å². The van der Waals surface area contributed by atoms with Crippen LogP contribution < -0.4 is 10.2 Å². The molecule has 0 saturated heterocycles. The van der Waals surface area contributed by atoms with Gasteiger partial charge in [0.15, 0.2) is 0 Å². The molecule has 0 aliphatic rings. The first-order chi connectivity index (χ1) is 19.2. The fourth-order valence-electron chi connectivity index (χ4n) is 4.01. The Kier molecular flexibility index (Phi) is 8.77. The zero-order chi connectivity index (χ0) is 28.4. The highest BCUT2D eigenvalue weighted by Crippen LogP contribution is 2.40. The number of benzene rings is 4. The SMILES string of the molecule is O=C(Oc1ccc(Br)cc1C=NNC(=O)c1[nH]c2c(Cl)cc(Br)cc2c1-c1ccccc1Cl)c1ccc(Br)cc1.